The molecule has 8 rings (SSSR count). The van der Waals surface area contributed by atoms with Gasteiger partial charge in [-0.3, -0.25) is 0 Å². The lowest BCUT2D eigenvalue weighted by molar-refractivity contribution is 0.745. The minimum atomic E-state index is -0.818. The smallest absolute Gasteiger partial charge is 0.108 e. The molecule has 8 heteroatoms. The van der Waals surface area contributed by atoms with E-state index >= 15 is 0 Å². The van der Waals surface area contributed by atoms with Gasteiger partial charge in [-0.05, 0) is 136 Å². The highest BCUT2D eigenvalue weighted by molar-refractivity contribution is 5.73. The number of nitroso groups, excluding NO2 is 4. The average molecular weight is 741 g/mol. The van der Waals surface area contributed by atoms with Gasteiger partial charge in [-0.2, -0.15) is 0 Å². The lowest BCUT2D eigenvalue weighted by Crippen LogP contribution is -2.31. The largest absolute Gasteiger partial charge is 0.145 e. The van der Waals surface area contributed by atoms with Crippen LogP contribution < -0.4 is 0 Å². The lowest BCUT2D eigenvalue weighted by atomic mass is 9.64. The third-order valence-electron chi connectivity index (χ3n) is 10.5. The molecule has 0 atom stereocenters. The molecule has 0 N–H and O–H groups in total. The minimum Gasteiger partial charge on any atom is -0.145 e. The molecule has 0 aliphatic heterocycles. The van der Waals surface area contributed by atoms with E-state index in [2.05, 4.69) is 118 Å². The van der Waals surface area contributed by atoms with Crippen LogP contribution in [0.25, 0.3) is 44.5 Å². The second-order valence-electron chi connectivity index (χ2n) is 13.6. The van der Waals surface area contributed by atoms with E-state index in [1.54, 1.807) is 48.5 Å². The van der Waals surface area contributed by atoms with Gasteiger partial charge in [0.1, 0.15) is 22.7 Å². The van der Waals surface area contributed by atoms with Crippen LogP contribution in [0.1, 0.15) is 22.3 Å². The molecule has 57 heavy (non-hydrogen) atoms. The predicted octanol–water partition coefficient (Wildman–Crippen LogP) is 14.3. The molecule has 0 unspecified atom stereocenters. The molecule has 8 nitrogen and oxygen atoms in total. The molecule has 272 valence electrons. The highest BCUT2D eigenvalue weighted by Crippen LogP contribution is 2.47. The van der Waals surface area contributed by atoms with E-state index in [1.165, 1.54) is 0 Å². The SMILES string of the molecule is O=Nc1ccc(-c2ccc(C(c3ccc(-c4ccc(N=O)cc4)cc3)(c3ccc(-c4ccc(N=O)cc4)cc3)c3ccc(-c4ccc(N=O)cc4)cc3)cc2)cc1. The highest BCUT2D eigenvalue weighted by Gasteiger charge is 2.38. The summed E-state index contributed by atoms with van der Waals surface area (Å²) in [5.41, 5.74) is 12.5. The standard InChI is InChI=1S/C49H32N4O4/c54-50-45-25-9-37(10-26-45)33-1-17-41(18-2-33)49(42-19-3-34(4-20-42)38-11-27-46(51-55)28-12-38,43-21-5-35(6-22-43)39-13-29-47(52-56)30-14-39)44-23-7-36(8-24-44)40-15-31-48(53-57)32-16-40/h1-32H. The van der Waals surface area contributed by atoms with E-state index in [9.17, 15) is 19.6 Å². The number of rotatable bonds is 12. The molecule has 8 aromatic carbocycles. The van der Waals surface area contributed by atoms with Crippen LogP contribution in [0.4, 0.5) is 22.7 Å². The zero-order chi connectivity index (χ0) is 39.2. The Morgan fingerprint density at radius 1 is 0.211 bits per heavy atom. The van der Waals surface area contributed by atoms with Gasteiger partial charge >= 0.3 is 0 Å². The molecule has 0 saturated heterocycles. The van der Waals surface area contributed by atoms with E-state index < -0.39 is 5.41 Å². The summed E-state index contributed by atoms with van der Waals surface area (Å²) in [6, 6.07) is 62.8. The monoisotopic (exact) mass is 740 g/mol. The Bertz CT molecular complexity index is 2290. The molecule has 0 amide bonds. The maximum atomic E-state index is 11.1. The van der Waals surface area contributed by atoms with Crippen LogP contribution in [0.3, 0.4) is 0 Å². The molecule has 0 saturated carbocycles. The van der Waals surface area contributed by atoms with Crippen LogP contribution in [0.5, 0.6) is 0 Å². The van der Waals surface area contributed by atoms with Crippen LogP contribution in [-0.4, -0.2) is 0 Å². The molecule has 0 heterocycles. The summed E-state index contributed by atoms with van der Waals surface area (Å²) in [5.74, 6) is 0. The van der Waals surface area contributed by atoms with Crippen molar-refractivity contribution in [3.05, 3.63) is 236 Å². The van der Waals surface area contributed by atoms with Gasteiger partial charge in [-0.15, -0.1) is 19.6 Å². The first-order valence-electron chi connectivity index (χ1n) is 18.2. The highest BCUT2D eigenvalue weighted by atomic mass is 16.3. The summed E-state index contributed by atoms with van der Waals surface area (Å²) < 4.78 is 0. The molecule has 0 aromatic heterocycles. The van der Waals surface area contributed by atoms with E-state index in [4.69, 9.17) is 0 Å². The zero-order valence-corrected chi connectivity index (χ0v) is 30.4. The summed E-state index contributed by atoms with van der Waals surface area (Å²) in [7, 11) is 0. The Morgan fingerprint density at radius 2 is 0.351 bits per heavy atom. The van der Waals surface area contributed by atoms with Crippen molar-refractivity contribution in [3.63, 3.8) is 0 Å². The first-order valence-corrected chi connectivity index (χ1v) is 18.2. The third-order valence-corrected chi connectivity index (χ3v) is 10.5. The van der Waals surface area contributed by atoms with Crippen LogP contribution in [0, 0.1) is 19.6 Å². The fourth-order valence-electron chi connectivity index (χ4n) is 7.51. The molecule has 0 aliphatic rings. The fraction of sp³-hybridized carbons (Fsp3) is 0.0204. The molecule has 0 aliphatic carbocycles. The number of hydrogen-bond donors (Lipinski definition) is 0. The topological polar surface area (TPSA) is 118 Å². The Balaban J connectivity index is 1.32. The molecular weight excluding hydrogens is 709 g/mol. The molecule has 0 spiro atoms. The van der Waals surface area contributed by atoms with Crippen molar-refractivity contribution >= 4 is 22.7 Å². The zero-order valence-electron chi connectivity index (χ0n) is 30.4. The van der Waals surface area contributed by atoms with Crippen molar-refractivity contribution in [1.29, 1.82) is 0 Å². The van der Waals surface area contributed by atoms with Gasteiger partial charge in [0.25, 0.3) is 0 Å². The molecule has 0 bridgehead atoms. The Hall–Kier alpha value is -7.84. The third kappa shape index (κ3) is 7.11. The van der Waals surface area contributed by atoms with E-state index in [0.717, 1.165) is 66.8 Å². The second kappa shape index (κ2) is 15.9. The first kappa shape index (κ1) is 36.2. The molecule has 0 fully saturated rings. The summed E-state index contributed by atoms with van der Waals surface area (Å²) in [6.07, 6.45) is 0. The van der Waals surface area contributed by atoms with Crippen molar-refractivity contribution in [1.82, 2.24) is 0 Å². The van der Waals surface area contributed by atoms with E-state index in [-0.39, 0.29) is 0 Å². The number of nitrogens with zero attached hydrogens (tertiary/aromatic N) is 4. The summed E-state index contributed by atoms with van der Waals surface area (Å²) in [5, 5.41) is 12.2. The molecular formula is C49H32N4O4. The van der Waals surface area contributed by atoms with Gasteiger partial charge < -0.3 is 0 Å². The van der Waals surface area contributed by atoms with Crippen molar-refractivity contribution in [3.8, 4) is 44.5 Å². The summed E-state index contributed by atoms with van der Waals surface area (Å²) >= 11 is 0. The normalized spacial score (nSPS) is 11.1. The number of hydrogen-bond acceptors (Lipinski definition) is 8. The Kier molecular flexibility index (Phi) is 10.1. The van der Waals surface area contributed by atoms with Crippen LogP contribution in [-0.2, 0) is 5.41 Å². The van der Waals surface area contributed by atoms with E-state index in [1.807, 2.05) is 48.5 Å². The van der Waals surface area contributed by atoms with Crippen LogP contribution in [0.2, 0.25) is 0 Å². The van der Waals surface area contributed by atoms with Gasteiger partial charge in [-0.25, -0.2) is 0 Å². The van der Waals surface area contributed by atoms with Crippen molar-refractivity contribution in [2.45, 2.75) is 5.41 Å². The molecule has 8 aromatic rings. The van der Waals surface area contributed by atoms with Gasteiger partial charge in [0, 0.05) is 0 Å². The van der Waals surface area contributed by atoms with Crippen molar-refractivity contribution < 1.29 is 0 Å². The fourth-order valence-corrected chi connectivity index (χ4v) is 7.51. The summed E-state index contributed by atoms with van der Waals surface area (Å²) in [6.45, 7) is 0. The van der Waals surface area contributed by atoms with Gasteiger partial charge in [0.2, 0.25) is 0 Å². The van der Waals surface area contributed by atoms with E-state index in [0.29, 0.717) is 22.7 Å². The van der Waals surface area contributed by atoms with Crippen LogP contribution >= 0.6 is 0 Å². The average Bonchev–Trinajstić information content (AvgIpc) is 3.30. The van der Waals surface area contributed by atoms with Crippen molar-refractivity contribution in [2.24, 2.45) is 20.7 Å². The van der Waals surface area contributed by atoms with Gasteiger partial charge in [0.15, 0.2) is 0 Å². The minimum absolute atomic E-state index is 0.369. The first-order chi connectivity index (χ1) is 28.0. The second-order valence-corrected chi connectivity index (χ2v) is 13.6. The predicted molar refractivity (Wildman–Crippen MR) is 228 cm³/mol. The van der Waals surface area contributed by atoms with Crippen molar-refractivity contribution in [2.75, 3.05) is 0 Å². The summed E-state index contributed by atoms with van der Waals surface area (Å²) in [4.78, 5) is 44.4. The Morgan fingerprint density at radius 3 is 0.491 bits per heavy atom. The van der Waals surface area contributed by atoms with Crippen LogP contribution in [0.15, 0.2) is 215 Å². The van der Waals surface area contributed by atoms with Gasteiger partial charge in [0.05, 0.1) is 5.41 Å². The van der Waals surface area contributed by atoms with Gasteiger partial charge in [-0.1, -0.05) is 146 Å². The molecule has 0 radical (unpaired) electrons. The lowest BCUT2D eigenvalue weighted by Gasteiger charge is -2.37. The quantitative estimate of drug-likeness (QED) is 0.0915. The number of benzene rings is 8. The maximum Gasteiger partial charge on any atom is 0.108 e. The Labute approximate surface area is 328 Å². The maximum absolute atomic E-state index is 11.1.